The molecule has 0 amide bonds. The van der Waals surface area contributed by atoms with Crippen LogP contribution in [0, 0.1) is 0 Å². The average molecular weight is 262 g/mol. The van der Waals surface area contributed by atoms with E-state index in [1.54, 1.807) is 0 Å². The van der Waals surface area contributed by atoms with Crippen LogP contribution in [0.25, 0.3) is 0 Å². The molecular formula is C16H26N2O. The smallest absolute Gasteiger partial charge is 0.0703 e. The second kappa shape index (κ2) is 5.28. The molecule has 1 aliphatic carbocycles. The molecule has 1 unspecified atom stereocenters. The minimum Gasteiger partial charge on any atom is -0.375 e. The second-order valence-corrected chi connectivity index (χ2v) is 6.16. The van der Waals surface area contributed by atoms with E-state index in [2.05, 4.69) is 24.6 Å². The lowest BCUT2D eigenvalue weighted by Crippen LogP contribution is -2.38. The van der Waals surface area contributed by atoms with Crippen LogP contribution in [0.5, 0.6) is 0 Å². The minimum atomic E-state index is 0.187. The highest BCUT2D eigenvalue weighted by Crippen LogP contribution is 2.43. The Kier molecular flexibility index (Phi) is 3.66. The summed E-state index contributed by atoms with van der Waals surface area (Å²) >= 11 is 0. The zero-order chi connectivity index (χ0) is 13.3. The van der Waals surface area contributed by atoms with Crippen molar-refractivity contribution in [1.82, 2.24) is 9.78 Å². The van der Waals surface area contributed by atoms with Crippen molar-refractivity contribution in [2.24, 2.45) is 0 Å². The Hall–Kier alpha value is -0.830. The van der Waals surface area contributed by atoms with E-state index in [1.165, 1.54) is 43.5 Å². The van der Waals surface area contributed by atoms with Crippen molar-refractivity contribution in [3.8, 4) is 0 Å². The van der Waals surface area contributed by atoms with E-state index in [1.807, 2.05) is 0 Å². The van der Waals surface area contributed by atoms with Gasteiger partial charge in [-0.2, -0.15) is 5.10 Å². The molecule has 1 spiro atoms. The molecule has 2 aliphatic rings. The highest BCUT2D eigenvalue weighted by atomic mass is 16.5. The van der Waals surface area contributed by atoms with Crippen LogP contribution in [0.2, 0.25) is 0 Å². The minimum absolute atomic E-state index is 0.187. The molecule has 106 valence electrons. The lowest BCUT2D eigenvalue weighted by molar-refractivity contribution is -0.0913. The van der Waals surface area contributed by atoms with Crippen LogP contribution in [-0.2, 0) is 17.6 Å². The van der Waals surface area contributed by atoms with E-state index >= 15 is 0 Å². The van der Waals surface area contributed by atoms with Gasteiger partial charge in [0.05, 0.1) is 17.3 Å². The third-order valence-electron chi connectivity index (χ3n) is 4.92. The molecule has 2 heterocycles. The predicted octanol–water partition coefficient (Wildman–Crippen LogP) is 3.67. The summed E-state index contributed by atoms with van der Waals surface area (Å²) in [6.45, 7) is 5.33. The third-order valence-corrected chi connectivity index (χ3v) is 4.92. The molecule has 2 fully saturated rings. The van der Waals surface area contributed by atoms with E-state index in [0.717, 1.165) is 25.9 Å². The van der Waals surface area contributed by atoms with Crippen molar-refractivity contribution in [2.45, 2.75) is 76.9 Å². The van der Waals surface area contributed by atoms with E-state index in [-0.39, 0.29) is 5.60 Å². The molecule has 1 atom stereocenters. The number of ether oxygens (including phenoxy) is 1. The van der Waals surface area contributed by atoms with Gasteiger partial charge in [-0.1, -0.05) is 26.7 Å². The largest absolute Gasteiger partial charge is 0.375 e. The van der Waals surface area contributed by atoms with Crippen molar-refractivity contribution in [2.75, 3.05) is 6.61 Å². The Bertz CT molecular complexity index is 432. The Balaban J connectivity index is 1.83. The van der Waals surface area contributed by atoms with Crippen LogP contribution < -0.4 is 0 Å². The molecule has 1 saturated heterocycles. The first-order chi connectivity index (χ1) is 9.26. The molecule has 3 rings (SSSR count). The first-order valence-corrected chi connectivity index (χ1v) is 7.97. The average Bonchev–Trinajstić information content (AvgIpc) is 3.05. The van der Waals surface area contributed by atoms with Gasteiger partial charge in [0.1, 0.15) is 0 Å². The molecule has 0 N–H and O–H groups in total. The summed E-state index contributed by atoms with van der Waals surface area (Å²) in [6.07, 6.45) is 9.61. The first-order valence-electron chi connectivity index (χ1n) is 7.97. The topological polar surface area (TPSA) is 27.1 Å². The summed E-state index contributed by atoms with van der Waals surface area (Å²) in [4.78, 5) is 0. The molecule has 1 aliphatic heterocycles. The molecular weight excluding hydrogens is 236 g/mol. The Morgan fingerprint density at radius 2 is 2.11 bits per heavy atom. The lowest BCUT2D eigenvalue weighted by atomic mass is 9.89. The number of aryl methyl sites for hydroxylation is 2. The van der Waals surface area contributed by atoms with Crippen LogP contribution in [0.4, 0.5) is 0 Å². The quantitative estimate of drug-likeness (QED) is 0.831. The molecule has 3 heteroatoms. The molecule has 0 aromatic carbocycles. The second-order valence-electron chi connectivity index (χ2n) is 6.16. The van der Waals surface area contributed by atoms with Crippen LogP contribution in [0.15, 0.2) is 6.07 Å². The molecule has 1 aromatic rings. The van der Waals surface area contributed by atoms with Crippen LogP contribution in [-0.4, -0.2) is 22.0 Å². The highest BCUT2D eigenvalue weighted by molar-refractivity contribution is 5.12. The fourth-order valence-corrected chi connectivity index (χ4v) is 3.82. The van der Waals surface area contributed by atoms with Crippen LogP contribution >= 0.6 is 0 Å². The summed E-state index contributed by atoms with van der Waals surface area (Å²) in [7, 11) is 0. The van der Waals surface area contributed by atoms with Gasteiger partial charge < -0.3 is 4.74 Å². The van der Waals surface area contributed by atoms with Gasteiger partial charge in [-0.25, -0.2) is 0 Å². The number of hydrogen-bond donors (Lipinski definition) is 0. The standard InChI is InChI=1S/C16H26N2O/c1-3-13-11-14(4-2)18(17-13)15-7-10-19-16(12-15)8-5-6-9-16/h11,15H,3-10,12H2,1-2H3. The molecule has 3 nitrogen and oxygen atoms in total. The summed E-state index contributed by atoms with van der Waals surface area (Å²) in [5.74, 6) is 0. The summed E-state index contributed by atoms with van der Waals surface area (Å²) in [5.41, 5.74) is 2.83. The van der Waals surface area contributed by atoms with Crippen molar-refractivity contribution >= 4 is 0 Å². The number of rotatable bonds is 3. The van der Waals surface area contributed by atoms with Gasteiger partial charge >= 0.3 is 0 Å². The zero-order valence-corrected chi connectivity index (χ0v) is 12.3. The highest BCUT2D eigenvalue weighted by Gasteiger charge is 2.40. The zero-order valence-electron chi connectivity index (χ0n) is 12.3. The molecule has 19 heavy (non-hydrogen) atoms. The van der Waals surface area contributed by atoms with Gasteiger partial charge in [0.15, 0.2) is 0 Å². The van der Waals surface area contributed by atoms with E-state index in [0.29, 0.717) is 6.04 Å². The maximum Gasteiger partial charge on any atom is 0.0703 e. The summed E-state index contributed by atoms with van der Waals surface area (Å²) in [6, 6.07) is 2.85. The first kappa shape index (κ1) is 13.2. The van der Waals surface area contributed by atoms with Crippen LogP contribution in [0.3, 0.4) is 0 Å². The maximum absolute atomic E-state index is 6.14. The summed E-state index contributed by atoms with van der Waals surface area (Å²) < 4.78 is 8.46. The van der Waals surface area contributed by atoms with Gasteiger partial charge in [0, 0.05) is 12.3 Å². The van der Waals surface area contributed by atoms with Gasteiger partial charge in [-0.05, 0) is 44.6 Å². The van der Waals surface area contributed by atoms with Gasteiger partial charge in [-0.15, -0.1) is 0 Å². The third kappa shape index (κ3) is 2.45. The number of hydrogen-bond acceptors (Lipinski definition) is 2. The molecule has 0 bridgehead atoms. The Labute approximate surface area is 116 Å². The van der Waals surface area contributed by atoms with E-state index in [9.17, 15) is 0 Å². The normalized spacial score (nSPS) is 26.1. The van der Waals surface area contributed by atoms with Crippen LogP contribution in [0.1, 0.15) is 69.8 Å². The SMILES string of the molecule is CCc1cc(CC)n(C2CCOC3(CCCC3)C2)n1. The molecule has 1 aromatic heterocycles. The fraction of sp³-hybridized carbons (Fsp3) is 0.812. The lowest BCUT2D eigenvalue weighted by Gasteiger charge is -2.38. The van der Waals surface area contributed by atoms with E-state index < -0.39 is 0 Å². The molecule has 1 saturated carbocycles. The maximum atomic E-state index is 6.14. The number of aromatic nitrogens is 2. The van der Waals surface area contributed by atoms with E-state index in [4.69, 9.17) is 9.84 Å². The monoisotopic (exact) mass is 262 g/mol. The molecule has 0 radical (unpaired) electrons. The Morgan fingerprint density at radius 3 is 2.79 bits per heavy atom. The Morgan fingerprint density at radius 1 is 1.32 bits per heavy atom. The van der Waals surface area contributed by atoms with Crippen molar-refractivity contribution in [3.63, 3.8) is 0 Å². The van der Waals surface area contributed by atoms with Crippen molar-refractivity contribution < 1.29 is 4.74 Å². The van der Waals surface area contributed by atoms with Gasteiger partial charge in [0.25, 0.3) is 0 Å². The van der Waals surface area contributed by atoms with Crippen molar-refractivity contribution in [3.05, 3.63) is 17.5 Å². The van der Waals surface area contributed by atoms with Crippen molar-refractivity contribution in [1.29, 1.82) is 0 Å². The fourth-order valence-electron chi connectivity index (χ4n) is 3.82. The number of nitrogens with zero attached hydrogens (tertiary/aromatic N) is 2. The predicted molar refractivity (Wildman–Crippen MR) is 76.4 cm³/mol. The van der Waals surface area contributed by atoms with Gasteiger partial charge in [0.2, 0.25) is 0 Å². The summed E-state index contributed by atoms with van der Waals surface area (Å²) in [5, 5.41) is 4.84. The van der Waals surface area contributed by atoms with Gasteiger partial charge in [-0.3, -0.25) is 4.68 Å².